The second-order valence-corrected chi connectivity index (χ2v) is 7.10. The molecule has 3 aromatic rings. The van der Waals surface area contributed by atoms with Gasteiger partial charge >= 0.3 is 6.03 Å². The highest BCUT2D eigenvalue weighted by Gasteiger charge is 2.26. The second kappa shape index (κ2) is 6.24. The molecule has 1 atom stereocenters. The zero-order valence-corrected chi connectivity index (χ0v) is 14.3. The van der Waals surface area contributed by atoms with E-state index in [9.17, 15) is 4.79 Å². The number of hydrogen-bond donors (Lipinski definition) is 2. The summed E-state index contributed by atoms with van der Waals surface area (Å²) in [5, 5.41) is 10.9. The third-order valence-corrected chi connectivity index (χ3v) is 5.15. The largest absolute Gasteiger partial charge is 0.331 e. The van der Waals surface area contributed by atoms with Gasteiger partial charge in [-0.3, -0.25) is 5.32 Å². The SMILES string of the molecule is CC(NC(=O)Nc1nc(C2CC2)cs1)c1cccc2ccccc12. The molecule has 2 N–H and O–H groups in total. The second-order valence-electron chi connectivity index (χ2n) is 6.24. The minimum absolute atomic E-state index is 0.0843. The molecule has 0 radical (unpaired) electrons. The number of rotatable bonds is 4. The third kappa shape index (κ3) is 3.12. The quantitative estimate of drug-likeness (QED) is 0.699. The molecular formula is C19H19N3OS. The van der Waals surface area contributed by atoms with Gasteiger partial charge in [0.25, 0.3) is 0 Å². The predicted octanol–water partition coefficient (Wildman–Crippen LogP) is 5.06. The molecule has 0 aliphatic heterocycles. The summed E-state index contributed by atoms with van der Waals surface area (Å²) in [6.45, 7) is 2.00. The molecule has 2 aromatic carbocycles. The lowest BCUT2D eigenvalue weighted by molar-refractivity contribution is 0.249. The number of amides is 2. The van der Waals surface area contributed by atoms with E-state index >= 15 is 0 Å². The molecule has 4 nitrogen and oxygen atoms in total. The highest BCUT2D eigenvalue weighted by molar-refractivity contribution is 7.13. The predicted molar refractivity (Wildman–Crippen MR) is 98.6 cm³/mol. The Labute approximate surface area is 144 Å². The van der Waals surface area contributed by atoms with E-state index < -0.39 is 0 Å². The van der Waals surface area contributed by atoms with Crippen LogP contribution in [0.25, 0.3) is 10.8 Å². The number of urea groups is 1. The zero-order valence-electron chi connectivity index (χ0n) is 13.5. The van der Waals surface area contributed by atoms with Gasteiger partial charge in [0, 0.05) is 11.3 Å². The Morgan fingerprint density at radius 1 is 1.21 bits per heavy atom. The van der Waals surface area contributed by atoms with Crippen molar-refractivity contribution >= 4 is 33.3 Å². The summed E-state index contributed by atoms with van der Waals surface area (Å²) in [5.74, 6) is 0.606. The minimum atomic E-state index is -0.216. The standard InChI is InChI=1S/C19H19N3OS/c1-12(15-8-4-6-13-5-2-3-7-16(13)15)20-18(23)22-19-21-17(11-24-19)14-9-10-14/h2-8,11-12,14H,9-10H2,1H3,(H2,20,21,22,23). The fourth-order valence-corrected chi connectivity index (χ4v) is 3.73. The van der Waals surface area contributed by atoms with Crippen molar-refractivity contribution < 1.29 is 4.79 Å². The molecule has 1 heterocycles. The van der Waals surface area contributed by atoms with Crippen LogP contribution in [-0.2, 0) is 0 Å². The molecule has 5 heteroatoms. The van der Waals surface area contributed by atoms with Crippen LogP contribution >= 0.6 is 11.3 Å². The van der Waals surface area contributed by atoms with E-state index in [0.717, 1.165) is 16.6 Å². The minimum Gasteiger partial charge on any atom is -0.331 e. The average Bonchev–Trinajstić information content (AvgIpc) is 3.34. The number of carbonyl (C=O) groups is 1. The first kappa shape index (κ1) is 15.1. The normalized spacial score (nSPS) is 15.2. The highest BCUT2D eigenvalue weighted by Crippen LogP contribution is 2.40. The Morgan fingerprint density at radius 2 is 2.00 bits per heavy atom. The van der Waals surface area contributed by atoms with Crippen LogP contribution in [0.15, 0.2) is 47.8 Å². The van der Waals surface area contributed by atoms with E-state index in [4.69, 9.17) is 0 Å². The molecule has 1 saturated carbocycles. The molecule has 1 aromatic heterocycles. The van der Waals surface area contributed by atoms with Crippen molar-refractivity contribution in [1.29, 1.82) is 0 Å². The van der Waals surface area contributed by atoms with E-state index in [-0.39, 0.29) is 12.1 Å². The molecule has 0 bridgehead atoms. The zero-order chi connectivity index (χ0) is 16.5. The van der Waals surface area contributed by atoms with Crippen molar-refractivity contribution in [2.24, 2.45) is 0 Å². The van der Waals surface area contributed by atoms with Gasteiger partial charge in [0.2, 0.25) is 0 Å². The van der Waals surface area contributed by atoms with Gasteiger partial charge in [-0.05, 0) is 36.1 Å². The number of fused-ring (bicyclic) bond motifs is 1. The van der Waals surface area contributed by atoms with Crippen molar-refractivity contribution in [1.82, 2.24) is 10.3 Å². The maximum atomic E-state index is 12.3. The van der Waals surface area contributed by atoms with Crippen molar-refractivity contribution in [2.75, 3.05) is 5.32 Å². The molecule has 2 amide bonds. The van der Waals surface area contributed by atoms with E-state index in [0.29, 0.717) is 11.0 Å². The molecule has 1 fully saturated rings. The molecule has 1 unspecified atom stereocenters. The van der Waals surface area contributed by atoms with Crippen LogP contribution in [0, 0.1) is 0 Å². The topological polar surface area (TPSA) is 54.0 Å². The van der Waals surface area contributed by atoms with Gasteiger partial charge in [-0.15, -0.1) is 11.3 Å². The van der Waals surface area contributed by atoms with Crippen LogP contribution in [0.4, 0.5) is 9.93 Å². The highest BCUT2D eigenvalue weighted by atomic mass is 32.1. The van der Waals surface area contributed by atoms with Gasteiger partial charge in [-0.25, -0.2) is 9.78 Å². The van der Waals surface area contributed by atoms with Gasteiger partial charge in [0.15, 0.2) is 5.13 Å². The maximum absolute atomic E-state index is 12.3. The fourth-order valence-electron chi connectivity index (χ4n) is 2.95. The van der Waals surface area contributed by atoms with E-state index in [2.05, 4.69) is 39.9 Å². The molecule has 1 aliphatic rings. The van der Waals surface area contributed by atoms with Gasteiger partial charge in [-0.2, -0.15) is 0 Å². The van der Waals surface area contributed by atoms with E-state index in [1.54, 1.807) is 0 Å². The summed E-state index contributed by atoms with van der Waals surface area (Å²) in [6.07, 6.45) is 2.43. The Bertz CT molecular complexity index is 880. The lowest BCUT2D eigenvalue weighted by atomic mass is 10.00. The molecule has 4 rings (SSSR count). The van der Waals surface area contributed by atoms with Crippen molar-refractivity contribution in [3.63, 3.8) is 0 Å². The van der Waals surface area contributed by atoms with Gasteiger partial charge in [0.05, 0.1) is 11.7 Å². The Kier molecular flexibility index (Phi) is 3.94. The van der Waals surface area contributed by atoms with Gasteiger partial charge in [0.1, 0.15) is 0 Å². The van der Waals surface area contributed by atoms with Crippen molar-refractivity contribution in [2.45, 2.75) is 31.7 Å². The molecule has 1 aliphatic carbocycles. The Morgan fingerprint density at radius 3 is 2.83 bits per heavy atom. The first-order chi connectivity index (χ1) is 11.7. The van der Waals surface area contributed by atoms with Crippen LogP contribution in [0.1, 0.15) is 43.0 Å². The molecule has 24 heavy (non-hydrogen) atoms. The first-order valence-electron chi connectivity index (χ1n) is 8.21. The summed E-state index contributed by atoms with van der Waals surface area (Å²) in [6, 6.07) is 14.1. The van der Waals surface area contributed by atoms with Crippen LogP contribution in [0.3, 0.4) is 0 Å². The van der Waals surface area contributed by atoms with E-state index in [1.165, 1.54) is 29.6 Å². The van der Waals surface area contributed by atoms with Gasteiger partial charge in [-0.1, -0.05) is 42.5 Å². The summed E-state index contributed by atoms with van der Waals surface area (Å²) in [7, 11) is 0. The van der Waals surface area contributed by atoms with E-state index in [1.807, 2.05) is 30.5 Å². The van der Waals surface area contributed by atoms with Crippen molar-refractivity contribution in [3.05, 3.63) is 59.1 Å². The number of hydrogen-bond acceptors (Lipinski definition) is 3. The fraction of sp³-hybridized carbons (Fsp3) is 0.263. The summed E-state index contributed by atoms with van der Waals surface area (Å²) in [4.78, 5) is 16.8. The van der Waals surface area contributed by atoms with Crippen LogP contribution in [0.5, 0.6) is 0 Å². The third-order valence-electron chi connectivity index (χ3n) is 4.38. The molecule has 0 saturated heterocycles. The monoisotopic (exact) mass is 337 g/mol. The number of carbonyl (C=O) groups excluding carboxylic acids is 1. The first-order valence-corrected chi connectivity index (χ1v) is 9.09. The summed E-state index contributed by atoms with van der Waals surface area (Å²) >= 11 is 1.49. The Hall–Kier alpha value is -2.40. The number of thiazole rings is 1. The number of benzene rings is 2. The Balaban J connectivity index is 1.46. The molecule has 122 valence electrons. The van der Waals surface area contributed by atoms with Gasteiger partial charge < -0.3 is 5.32 Å². The number of anilines is 1. The number of aromatic nitrogens is 1. The van der Waals surface area contributed by atoms with Crippen LogP contribution in [0.2, 0.25) is 0 Å². The lowest BCUT2D eigenvalue weighted by Gasteiger charge is -2.16. The molecule has 0 spiro atoms. The summed E-state index contributed by atoms with van der Waals surface area (Å²) in [5.41, 5.74) is 2.22. The van der Waals surface area contributed by atoms with Crippen molar-refractivity contribution in [3.8, 4) is 0 Å². The maximum Gasteiger partial charge on any atom is 0.321 e. The summed E-state index contributed by atoms with van der Waals surface area (Å²) < 4.78 is 0. The lowest BCUT2D eigenvalue weighted by Crippen LogP contribution is -2.31. The number of nitrogens with one attached hydrogen (secondary N) is 2. The van der Waals surface area contributed by atoms with Crippen LogP contribution in [-0.4, -0.2) is 11.0 Å². The smallest absolute Gasteiger partial charge is 0.321 e. The van der Waals surface area contributed by atoms with Crippen LogP contribution < -0.4 is 10.6 Å². The number of nitrogens with zero attached hydrogens (tertiary/aromatic N) is 1. The average molecular weight is 337 g/mol. The molecular weight excluding hydrogens is 318 g/mol.